The zero-order chi connectivity index (χ0) is 15.4. The quantitative estimate of drug-likeness (QED) is 0.460. The second-order valence-corrected chi connectivity index (χ2v) is 5.31. The molecule has 4 unspecified atom stereocenters. The van der Waals surface area contributed by atoms with Gasteiger partial charge >= 0.3 is 0 Å². The Labute approximate surface area is 146 Å². The van der Waals surface area contributed by atoms with E-state index in [2.05, 4.69) is 10.6 Å². The summed E-state index contributed by atoms with van der Waals surface area (Å²) in [5, 5.41) is 4.58. The average molecular weight is 407 g/mol. The van der Waals surface area contributed by atoms with Gasteiger partial charge in [0.25, 0.3) is 0 Å². The number of amides is 4. The number of imide groups is 2. The van der Waals surface area contributed by atoms with Crippen LogP contribution >= 0.6 is 0 Å². The van der Waals surface area contributed by atoms with E-state index in [1.807, 2.05) is 13.8 Å². The third-order valence-corrected chi connectivity index (χ3v) is 4.08. The van der Waals surface area contributed by atoms with Crippen LogP contribution in [-0.2, 0) is 41.6 Å². The van der Waals surface area contributed by atoms with Gasteiger partial charge in [0, 0.05) is 46.1 Å². The standard InChI is InChI=1S/2C7H11NO2.Ag.H3N/c2*1-3-5-4(2)6(9)8-7(5)10;;/h2*4-5H,3H2,1-2H3,(H,8,9,10);;1H3. The molecule has 0 saturated carbocycles. The predicted molar refractivity (Wildman–Crippen MR) is 77.2 cm³/mol. The summed E-state index contributed by atoms with van der Waals surface area (Å²) in [4.78, 5) is 43.4. The van der Waals surface area contributed by atoms with Gasteiger partial charge in [-0.25, -0.2) is 0 Å². The molecule has 0 aromatic heterocycles. The first-order valence-electron chi connectivity index (χ1n) is 7.02. The summed E-state index contributed by atoms with van der Waals surface area (Å²) in [5.74, 6) is -0.913. The van der Waals surface area contributed by atoms with E-state index >= 15 is 0 Å². The second kappa shape index (κ2) is 9.89. The first-order chi connectivity index (χ1) is 9.33. The molecule has 4 amide bonds. The molecule has 2 aliphatic heterocycles. The van der Waals surface area contributed by atoms with E-state index < -0.39 is 0 Å². The normalized spacial score (nSPS) is 29.6. The maximum Gasteiger partial charge on any atom is 0.230 e. The number of hydrogen-bond acceptors (Lipinski definition) is 5. The van der Waals surface area contributed by atoms with Crippen LogP contribution in [0.4, 0.5) is 0 Å². The molecule has 2 rings (SSSR count). The maximum atomic E-state index is 10.9. The van der Waals surface area contributed by atoms with E-state index in [1.165, 1.54) is 0 Å². The first-order valence-corrected chi connectivity index (χ1v) is 7.02. The molecule has 22 heavy (non-hydrogen) atoms. The molecule has 0 bridgehead atoms. The molecule has 5 N–H and O–H groups in total. The van der Waals surface area contributed by atoms with Crippen molar-refractivity contribution in [3.63, 3.8) is 0 Å². The Hall–Kier alpha value is -1.02. The second-order valence-electron chi connectivity index (χ2n) is 5.31. The number of carbonyl (C=O) groups is 4. The zero-order valence-electron chi connectivity index (χ0n) is 13.4. The van der Waals surface area contributed by atoms with E-state index in [9.17, 15) is 19.2 Å². The van der Waals surface area contributed by atoms with Crippen LogP contribution in [0.15, 0.2) is 0 Å². The summed E-state index contributed by atoms with van der Waals surface area (Å²) in [6, 6.07) is 0. The molecule has 8 heteroatoms. The molecule has 7 nitrogen and oxygen atoms in total. The van der Waals surface area contributed by atoms with Crippen molar-refractivity contribution < 1.29 is 41.6 Å². The monoisotopic (exact) mass is 406 g/mol. The molecule has 2 saturated heterocycles. The van der Waals surface area contributed by atoms with Crippen LogP contribution in [0.25, 0.3) is 0 Å². The van der Waals surface area contributed by atoms with Crippen molar-refractivity contribution in [2.45, 2.75) is 40.5 Å². The summed E-state index contributed by atoms with van der Waals surface area (Å²) in [6.45, 7) is 7.40. The molecule has 1 radical (unpaired) electrons. The van der Waals surface area contributed by atoms with Crippen molar-refractivity contribution in [2.24, 2.45) is 23.7 Å². The van der Waals surface area contributed by atoms with Crippen LogP contribution in [0.1, 0.15) is 40.5 Å². The van der Waals surface area contributed by atoms with Crippen molar-refractivity contribution in [2.75, 3.05) is 0 Å². The molecule has 4 atom stereocenters. The minimum absolute atomic E-state index is 0. The summed E-state index contributed by atoms with van der Waals surface area (Å²) >= 11 is 0. The molecule has 2 fully saturated rings. The Morgan fingerprint density at radius 3 is 1.09 bits per heavy atom. The van der Waals surface area contributed by atoms with Crippen LogP contribution in [0, 0.1) is 23.7 Å². The maximum absolute atomic E-state index is 10.9. The van der Waals surface area contributed by atoms with E-state index in [-0.39, 0.29) is 75.8 Å². The van der Waals surface area contributed by atoms with Gasteiger partial charge in [-0.1, -0.05) is 27.7 Å². The minimum atomic E-state index is -0.128. The van der Waals surface area contributed by atoms with Gasteiger partial charge in [-0.15, -0.1) is 0 Å². The molecule has 2 heterocycles. The van der Waals surface area contributed by atoms with Gasteiger partial charge in [-0.2, -0.15) is 0 Å². The van der Waals surface area contributed by atoms with Crippen LogP contribution in [0.5, 0.6) is 0 Å². The van der Waals surface area contributed by atoms with Gasteiger partial charge < -0.3 is 6.15 Å². The Morgan fingerprint density at radius 2 is 1.00 bits per heavy atom. The van der Waals surface area contributed by atoms with Gasteiger partial charge in [-0.05, 0) is 12.8 Å². The van der Waals surface area contributed by atoms with Gasteiger partial charge in [-0.3, -0.25) is 29.8 Å². The van der Waals surface area contributed by atoms with Gasteiger partial charge in [0.15, 0.2) is 0 Å². The van der Waals surface area contributed by atoms with Crippen molar-refractivity contribution in [1.82, 2.24) is 16.8 Å². The Kier molecular flexibility index (Phi) is 10.4. The molecular weight excluding hydrogens is 382 g/mol. The van der Waals surface area contributed by atoms with E-state index in [0.29, 0.717) is 0 Å². The third-order valence-electron chi connectivity index (χ3n) is 4.08. The zero-order valence-corrected chi connectivity index (χ0v) is 14.8. The average Bonchev–Trinajstić information content (AvgIpc) is 2.77. The topological polar surface area (TPSA) is 127 Å². The summed E-state index contributed by atoms with van der Waals surface area (Å²) in [7, 11) is 0. The smallest absolute Gasteiger partial charge is 0.230 e. The SMILES string of the molecule is CCC1C(=O)NC(=O)C1C.CCC1C(=O)NC(=O)C1C.N.[Ag]. The van der Waals surface area contributed by atoms with Crippen molar-refractivity contribution >= 4 is 23.6 Å². The van der Waals surface area contributed by atoms with Crippen molar-refractivity contribution in [1.29, 1.82) is 0 Å². The predicted octanol–water partition coefficient (Wildman–Crippen LogP) is 0.770. The van der Waals surface area contributed by atoms with Crippen molar-refractivity contribution in [3.8, 4) is 0 Å². The Bertz CT molecular complexity index is 402. The van der Waals surface area contributed by atoms with Crippen molar-refractivity contribution in [3.05, 3.63) is 0 Å². The largest absolute Gasteiger partial charge is 0.344 e. The van der Waals surface area contributed by atoms with Crippen LogP contribution in [-0.4, -0.2) is 23.6 Å². The van der Waals surface area contributed by atoms with E-state index in [0.717, 1.165) is 12.8 Å². The fraction of sp³-hybridized carbons (Fsp3) is 0.714. The number of carbonyl (C=O) groups excluding carboxylic acids is 4. The fourth-order valence-corrected chi connectivity index (χ4v) is 2.55. The molecule has 0 aromatic rings. The number of hydrogen-bond donors (Lipinski definition) is 3. The summed E-state index contributed by atoms with van der Waals surface area (Å²) < 4.78 is 0. The van der Waals surface area contributed by atoms with E-state index in [1.54, 1.807) is 13.8 Å². The Morgan fingerprint density at radius 1 is 0.727 bits per heavy atom. The van der Waals surface area contributed by atoms with Gasteiger partial charge in [0.1, 0.15) is 0 Å². The Balaban J connectivity index is 0. The molecule has 0 aliphatic carbocycles. The molecule has 0 spiro atoms. The third kappa shape index (κ3) is 5.01. The molecule has 2 aliphatic rings. The van der Waals surface area contributed by atoms with Gasteiger partial charge in [0.2, 0.25) is 23.6 Å². The fourth-order valence-electron chi connectivity index (χ4n) is 2.55. The molecular formula is C14H25AgN3O4. The molecule has 131 valence electrons. The minimum Gasteiger partial charge on any atom is -0.344 e. The first kappa shape index (κ1) is 23.2. The van der Waals surface area contributed by atoms with Crippen LogP contribution < -0.4 is 16.8 Å². The van der Waals surface area contributed by atoms with E-state index in [4.69, 9.17) is 0 Å². The van der Waals surface area contributed by atoms with Crippen LogP contribution in [0.2, 0.25) is 0 Å². The number of nitrogens with one attached hydrogen (secondary N) is 2. The molecule has 0 aromatic carbocycles. The summed E-state index contributed by atoms with van der Waals surface area (Å²) in [5.41, 5.74) is 0. The van der Waals surface area contributed by atoms with Crippen LogP contribution in [0.3, 0.4) is 0 Å². The number of rotatable bonds is 2. The summed E-state index contributed by atoms with van der Waals surface area (Å²) in [6.07, 6.45) is 1.50. The van der Waals surface area contributed by atoms with Gasteiger partial charge in [0.05, 0.1) is 0 Å².